The molecule has 1 unspecified atom stereocenters. The predicted octanol–water partition coefficient (Wildman–Crippen LogP) is 9.27. The van der Waals surface area contributed by atoms with E-state index in [4.69, 9.17) is 13.9 Å². The number of amides is 2. The van der Waals surface area contributed by atoms with Gasteiger partial charge >= 0.3 is 12.2 Å². The molecule has 11 heteroatoms. The summed E-state index contributed by atoms with van der Waals surface area (Å²) in [7, 11) is -2.04. The third kappa shape index (κ3) is 11.0. The minimum Gasteiger partial charge on any atom is -0.444 e. The number of nitrogens with one attached hydrogen (secondary N) is 2. The van der Waals surface area contributed by atoms with E-state index in [1.807, 2.05) is 36.4 Å². The molecule has 0 saturated carbocycles. The molecule has 2 N–H and O–H groups in total. The molecule has 0 aliphatic heterocycles. The summed E-state index contributed by atoms with van der Waals surface area (Å²) in [6, 6.07) is 15.1. The Kier molecular flexibility index (Phi) is 13.0. The van der Waals surface area contributed by atoms with Gasteiger partial charge in [0, 0.05) is 24.0 Å². The highest BCUT2D eigenvalue weighted by Gasteiger charge is 2.45. The van der Waals surface area contributed by atoms with Crippen LogP contribution in [0.4, 0.5) is 15.3 Å². The summed E-state index contributed by atoms with van der Waals surface area (Å²) < 4.78 is 18.8. The second-order valence-corrected chi connectivity index (χ2v) is 21.0. The van der Waals surface area contributed by atoms with E-state index >= 15 is 0 Å². The third-order valence-electron chi connectivity index (χ3n) is 8.39. The zero-order valence-electron chi connectivity index (χ0n) is 31.3. The minimum atomic E-state index is -2.04. The Labute approximate surface area is 293 Å². The lowest BCUT2D eigenvalue weighted by molar-refractivity contribution is -0.117. The summed E-state index contributed by atoms with van der Waals surface area (Å²) in [5.41, 5.74) is 4.02. The number of benzene rings is 2. The fourth-order valence-corrected chi connectivity index (χ4v) is 11.7. The molecule has 1 aromatic heterocycles. The number of carbonyl (C=O) groups is 3. The van der Waals surface area contributed by atoms with E-state index < -0.39 is 37.6 Å². The fraction of sp³-hybridized carbons (Fsp3) is 0.526. The summed E-state index contributed by atoms with van der Waals surface area (Å²) in [6.45, 7) is 24.9. The summed E-state index contributed by atoms with van der Waals surface area (Å²) in [6.07, 6.45) is 2.03. The van der Waals surface area contributed by atoms with Crippen LogP contribution in [0, 0.1) is 0 Å². The summed E-state index contributed by atoms with van der Waals surface area (Å²) in [5, 5.41) is 9.90. The smallest absolute Gasteiger partial charge is 0.435 e. The second kappa shape index (κ2) is 16.2. The number of carbonyl (C=O) groups excluding carboxylic acids is 3. The first-order chi connectivity index (χ1) is 22.7. The van der Waals surface area contributed by atoms with E-state index in [0.717, 1.165) is 26.9 Å². The fourth-order valence-electron chi connectivity index (χ4n) is 6.27. The van der Waals surface area contributed by atoms with Gasteiger partial charge in [-0.05, 0) is 87.0 Å². The molecule has 1 atom stereocenters. The van der Waals surface area contributed by atoms with Gasteiger partial charge in [0.2, 0.25) is 14.2 Å². The quantitative estimate of drug-likeness (QED) is 0.182. The van der Waals surface area contributed by atoms with Gasteiger partial charge in [-0.25, -0.2) is 9.59 Å². The number of rotatable bonds is 12. The average Bonchev–Trinajstić information content (AvgIpc) is 3.47. The van der Waals surface area contributed by atoms with Crippen LogP contribution in [0.2, 0.25) is 16.6 Å². The third-order valence-corrected chi connectivity index (χ3v) is 14.5. The molecule has 3 rings (SSSR count). The maximum Gasteiger partial charge on any atom is 0.435 e. The Balaban J connectivity index is 1.78. The van der Waals surface area contributed by atoms with Gasteiger partial charge in [0.1, 0.15) is 11.2 Å². The van der Waals surface area contributed by atoms with Crippen LogP contribution < -0.4 is 10.6 Å². The van der Waals surface area contributed by atoms with E-state index in [1.165, 1.54) is 0 Å². The predicted molar refractivity (Wildman–Crippen MR) is 197 cm³/mol. The number of nitrogens with zero attached hydrogens (tertiary/aromatic N) is 2. The van der Waals surface area contributed by atoms with Crippen molar-refractivity contribution in [3.63, 3.8) is 0 Å². The highest BCUT2D eigenvalue weighted by molar-refractivity contribution is 6.77. The van der Waals surface area contributed by atoms with E-state index in [9.17, 15) is 14.4 Å². The van der Waals surface area contributed by atoms with Gasteiger partial charge in [-0.15, -0.1) is 0 Å². The zero-order chi connectivity index (χ0) is 36.7. The van der Waals surface area contributed by atoms with Gasteiger partial charge in [0.15, 0.2) is 0 Å². The molecule has 0 bridgehead atoms. The number of alkyl carbamates (subject to hydrolysis) is 1. The Hall–Kier alpha value is -3.96. The summed E-state index contributed by atoms with van der Waals surface area (Å²) in [4.78, 5) is 38.7. The molecular formula is C38H56N4O6Si. The number of anilines is 1. The lowest BCUT2D eigenvalue weighted by Crippen LogP contribution is -2.47. The normalized spacial score (nSPS) is 13.0. The van der Waals surface area contributed by atoms with Crippen LogP contribution in [0.15, 0.2) is 60.9 Å². The van der Waals surface area contributed by atoms with E-state index in [1.54, 1.807) is 66.1 Å². The average molecular weight is 693 g/mol. The van der Waals surface area contributed by atoms with Crippen LogP contribution in [-0.4, -0.2) is 53.9 Å². The molecule has 0 saturated heterocycles. The van der Waals surface area contributed by atoms with Gasteiger partial charge in [-0.2, -0.15) is 9.78 Å². The molecule has 0 aliphatic rings. The molecule has 2 aromatic carbocycles. The lowest BCUT2D eigenvalue weighted by Gasteiger charge is -2.42. The summed E-state index contributed by atoms with van der Waals surface area (Å²) >= 11 is 0. The van der Waals surface area contributed by atoms with Gasteiger partial charge in [-0.3, -0.25) is 4.79 Å². The molecule has 49 heavy (non-hydrogen) atoms. The SMILES string of the molecule is CC(C)[Si](OCc1ccc(C(CNC(=O)OC(C)(C)C)C(=O)Nc2ccc(-c3cnn(C(=O)OC(C)(C)C)c3)cc2)cc1)(C(C)C)C(C)C. The van der Waals surface area contributed by atoms with E-state index in [-0.39, 0.29) is 12.5 Å². The van der Waals surface area contributed by atoms with Crippen molar-refractivity contribution in [2.75, 3.05) is 11.9 Å². The van der Waals surface area contributed by atoms with Crippen LogP contribution in [0.3, 0.4) is 0 Å². The highest BCUT2D eigenvalue weighted by atomic mass is 28.4. The van der Waals surface area contributed by atoms with Crippen molar-refractivity contribution < 1.29 is 28.3 Å². The first-order valence-corrected chi connectivity index (χ1v) is 19.2. The monoisotopic (exact) mass is 692 g/mol. The first-order valence-electron chi connectivity index (χ1n) is 17.1. The van der Waals surface area contributed by atoms with Crippen molar-refractivity contribution in [1.29, 1.82) is 0 Å². The number of hydrogen-bond donors (Lipinski definition) is 2. The molecule has 3 aromatic rings. The molecule has 0 radical (unpaired) electrons. The van der Waals surface area contributed by atoms with Crippen molar-refractivity contribution in [3.05, 3.63) is 72.1 Å². The van der Waals surface area contributed by atoms with Crippen LogP contribution in [0.1, 0.15) is 100 Å². The van der Waals surface area contributed by atoms with Crippen molar-refractivity contribution in [1.82, 2.24) is 15.1 Å². The number of ether oxygens (including phenoxy) is 2. The molecular weight excluding hydrogens is 637 g/mol. The Morgan fingerprint density at radius 3 is 1.84 bits per heavy atom. The van der Waals surface area contributed by atoms with Crippen molar-refractivity contribution >= 4 is 32.1 Å². The zero-order valence-corrected chi connectivity index (χ0v) is 32.3. The Bertz CT molecular complexity index is 1530. The molecule has 2 amide bonds. The largest absolute Gasteiger partial charge is 0.444 e. The molecule has 1 heterocycles. The Morgan fingerprint density at radius 2 is 1.33 bits per heavy atom. The minimum absolute atomic E-state index is 0.0442. The van der Waals surface area contributed by atoms with Crippen LogP contribution >= 0.6 is 0 Å². The van der Waals surface area contributed by atoms with Gasteiger partial charge in [-0.1, -0.05) is 77.9 Å². The molecule has 0 aliphatic carbocycles. The molecule has 268 valence electrons. The van der Waals surface area contributed by atoms with Gasteiger partial charge in [0.25, 0.3) is 0 Å². The van der Waals surface area contributed by atoms with Crippen molar-refractivity contribution in [2.24, 2.45) is 0 Å². The van der Waals surface area contributed by atoms with Crippen molar-refractivity contribution in [3.8, 4) is 11.1 Å². The molecule has 10 nitrogen and oxygen atoms in total. The number of aromatic nitrogens is 2. The van der Waals surface area contributed by atoms with Crippen LogP contribution in [0.25, 0.3) is 11.1 Å². The molecule has 0 spiro atoms. The van der Waals surface area contributed by atoms with Crippen molar-refractivity contribution in [2.45, 2.75) is 123 Å². The number of hydrogen-bond acceptors (Lipinski definition) is 7. The van der Waals surface area contributed by atoms with Gasteiger partial charge < -0.3 is 24.5 Å². The first kappa shape index (κ1) is 39.5. The second-order valence-electron chi connectivity index (χ2n) is 15.5. The molecule has 0 fully saturated rings. The van der Waals surface area contributed by atoms with Crippen LogP contribution in [0.5, 0.6) is 0 Å². The van der Waals surface area contributed by atoms with E-state index in [0.29, 0.717) is 28.9 Å². The topological polar surface area (TPSA) is 121 Å². The lowest BCUT2D eigenvalue weighted by atomic mass is 9.96. The highest BCUT2D eigenvalue weighted by Crippen LogP contribution is 2.42. The Morgan fingerprint density at radius 1 is 0.776 bits per heavy atom. The van der Waals surface area contributed by atoms with Crippen LogP contribution in [-0.2, 0) is 25.3 Å². The van der Waals surface area contributed by atoms with E-state index in [2.05, 4.69) is 57.3 Å². The summed E-state index contributed by atoms with van der Waals surface area (Å²) in [5.74, 6) is -0.971. The maximum atomic E-state index is 13.7. The van der Waals surface area contributed by atoms with Gasteiger partial charge in [0.05, 0.1) is 18.7 Å². The standard InChI is InChI=1S/C38H56N4O6Si/c1-25(2)49(26(3)4,27(5)6)46-24-28-13-15-30(16-14-28)33(22-39-35(44)47-37(7,8)9)34(43)41-32-19-17-29(18-20-32)31-21-40-42(23-31)36(45)48-38(10,11)12/h13-21,23,25-27,33H,22,24H2,1-12H3,(H,39,44)(H,41,43). The maximum absolute atomic E-state index is 13.7.